The first kappa shape index (κ1) is 27.0. The van der Waals surface area contributed by atoms with Crippen LogP contribution in [0.2, 0.25) is 0 Å². The van der Waals surface area contributed by atoms with Crippen molar-refractivity contribution in [3.63, 3.8) is 0 Å². The molecule has 0 aliphatic heterocycles. The quantitative estimate of drug-likeness (QED) is 0.154. The van der Waals surface area contributed by atoms with Crippen molar-refractivity contribution in [3.8, 4) is 0 Å². The van der Waals surface area contributed by atoms with Gasteiger partial charge in [0, 0.05) is 5.56 Å². The van der Waals surface area contributed by atoms with Gasteiger partial charge in [0.25, 0.3) is 5.91 Å². The van der Waals surface area contributed by atoms with Gasteiger partial charge in [-0.15, -0.1) is 0 Å². The van der Waals surface area contributed by atoms with Crippen molar-refractivity contribution in [2.45, 2.75) is 44.8 Å². The molecule has 0 bridgehead atoms. The number of nitrogens with zero attached hydrogens (tertiary/aromatic N) is 1. The van der Waals surface area contributed by atoms with Crippen LogP contribution in [0, 0.1) is 5.92 Å². The minimum absolute atomic E-state index is 0.0263. The molecule has 0 aromatic heterocycles. The second-order valence-electron chi connectivity index (χ2n) is 7.49. The van der Waals surface area contributed by atoms with Gasteiger partial charge in [-0.25, -0.2) is 5.06 Å². The second kappa shape index (κ2) is 12.1. The number of rotatable bonds is 12. The lowest BCUT2D eigenvalue weighted by Crippen LogP contribution is -2.58. The molecule has 8 N–H and O–H groups in total. The number of hydroxylamine groups is 2. The molecule has 13 heteroatoms. The SMILES string of the molecule is CC(C)[C@H](NC(=O)[C@H](CC(N)=O)N(O)C(=O)c1ccccc1)C(=O)N[C@@H](CC(=O)O)C(N)=O. The summed E-state index contributed by atoms with van der Waals surface area (Å²) >= 11 is 0. The third-order valence-corrected chi connectivity index (χ3v) is 4.51. The van der Waals surface area contributed by atoms with Crippen LogP contribution in [0.1, 0.15) is 37.0 Å². The van der Waals surface area contributed by atoms with Gasteiger partial charge in [0.1, 0.15) is 18.1 Å². The van der Waals surface area contributed by atoms with Crippen molar-refractivity contribution in [2.24, 2.45) is 17.4 Å². The van der Waals surface area contributed by atoms with Crippen LogP contribution in [0.5, 0.6) is 0 Å². The minimum atomic E-state index is -1.77. The monoisotopic (exact) mass is 465 g/mol. The van der Waals surface area contributed by atoms with Crippen molar-refractivity contribution in [1.82, 2.24) is 15.7 Å². The molecular formula is C20H27N5O8. The van der Waals surface area contributed by atoms with Crippen LogP contribution in [-0.2, 0) is 24.0 Å². The van der Waals surface area contributed by atoms with Gasteiger partial charge in [0.05, 0.1) is 12.8 Å². The first-order valence-electron chi connectivity index (χ1n) is 9.82. The van der Waals surface area contributed by atoms with E-state index in [0.29, 0.717) is 0 Å². The number of amides is 5. The molecule has 13 nitrogen and oxygen atoms in total. The number of carbonyl (C=O) groups excluding carboxylic acids is 5. The lowest BCUT2D eigenvalue weighted by molar-refractivity contribution is -0.148. The maximum Gasteiger partial charge on any atom is 0.305 e. The fraction of sp³-hybridized carbons (Fsp3) is 0.400. The van der Waals surface area contributed by atoms with Gasteiger partial charge in [-0.2, -0.15) is 0 Å². The van der Waals surface area contributed by atoms with E-state index in [9.17, 15) is 34.0 Å². The molecule has 1 rings (SSSR count). The Bertz CT molecular complexity index is 905. The zero-order valence-corrected chi connectivity index (χ0v) is 18.1. The van der Waals surface area contributed by atoms with Crippen LogP contribution in [-0.4, -0.2) is 69.0 Å². The molecule has 180 valence electrons. The highest BCUT2D eigenvalue weighted by Crippen LogP contribution is 2.11. The largest absolute Gasteiger partial charge is 0.481 e. The van der Waals surface area contributed by atoms with Crippen molar-refractivity contribution in [3.05, 3.63) is 35.9 Å². The van der Waals surface area contributed by atoms with E-state index in [1.165, 1.54) is 38.1 Å². The van der Waals surface area contributed by atoms with E-state index < -0.39 is 72.4 Å². The van der Waals surface area contributed by atoms with Crippen molar-refractivity contribution >= 4 is 35.5 Å². The molecular weight excluding hydrogens is 438 g/mol. The number of carboxylic acid groups (broad SMARTS) is 1. The van der Waals surface area contributed by atoms with Crippen LogP contribution >= 0.6 is 0 Å². The normalized spacial score (nSPS) is 13.3. The molecule has 0 aliphatic carbocycles. The smallest absolute Gasteiger partial charge is 0.305 e. The topological polar surface area (TPSA) is 222 Å². The number of nitrogens with one attached hydrogen (secondary N) is 2. The summed E-state index contributed by atoms with van der Waals surface area (Å²) in [6.07, 6.45) is -1.53. The van der Waals surface area contributed by atoms with Crippen molar-refractivity contribution in [2.75, 3.05) is 0 Å². The summed E-state index contributed by atoms with van der Waals surface area (Å²) in [7, 11) is 0. The Labute approximate surface area is 189 Å². The molecule has 1 aromatic rings. The maximum atomic E-state index is 12.8. The first-order chi connectivity index (χ1) is 15.3. The summed E-state index contributed by atoms with van der Waals surface area (Å²) in [6.45, 7) is 3.08. The summed E-state index contributed by atoms with van der Waals surface area (Å²) in [5.74, 6) is -7.07. The zero-order valence-electron chi connectivity index (χ0n) is 18.1. The summed E-state index contributed by atoms with van der Waals surface area (Å²) < 4.78 is 0. The summed E-state index contributed by atoms with van der Waals surface area (Å²) in [4.78, 5) is 71.8. The minimum Gasteiger partial charge on any atom is -0.481 e. The van der Waals surface area contributed by atoms with E-state index in [1.54, 1.807) is 6.07 Å². The Morgan fingerprint density at radius 2 is 1.52 bits per heavy atom. The summed E-state index contributed by atoms with van der Waals surface area (Å²) in [6, 6.07) is 2.79. The van der Waals surface area contributed by atoms with E-state index in [0.717, 1.165) is 0 Å². The van der Waals surface area contributed by atoms with Crippen molar-refractivity contribution in [1.29, 1.82) is 0 Å². The number of hydrogen-bond acceptors (Lipinski definition) is 7. The zero-order chi connectivity index (χ0) is 25.3. The fourth-order valence-electron chi connectivity index (χ4n) is 2.78. The predicted octanol–water partition coefficient (Wildman–Crippen LogP) is -1.65. The summed E-state index contributed by atoms with van der Waals surface area (Å²) in [5, 5.41) is 23.7. The number of primary amides is 2. The van der Waals surface area contributed by atoms with Crippen molar-refractivity contribution < 1.29 is 39.1 Å². The third-order valence-electron chi connectivity index (χ3n) is 4.51. The molecule has 0 heterocycles. The van der Waals surface area contributed by atoms with Crippen LogP contribution in [0.15, 0.2) is 30.3 Å². The van der Waals surface area contributed by atoms with Gasteiger partial charge in [-0.3, -0.25) is 34.0 Å². The first-order valence-corrected chi connectivity index (χ1v) is 9.82. The number of nitrogens with two attached hydrogens (primary N) is 2. The highest BCUT2D eigenvalue weighted by atomic mass is 16.5. The Hall–Kier alpha value is -4.00. The van der Waals surface area contributed by atoms with Crippen LogP contribution in [0.3, 0.4) is 0 Å². The van der Waals surface area contributed by atoms with Crippen LogP contribution < -0.4 is 22.1 Å². The standard InChI is InChI=1S/C20H27N5O8/c1-10(2)16(19(31)23-12(17(22)29)8-15(27)28)24-18(30)13(9-14(21)26)25(33)20(32)11-6-4-3-5-7-11/h3-7,10,12-13,16,33H,8-9H2,1-2H3,(H2,21,26)(H2,22,29)(H,23,31)(H,24,30)(H,27,28)/t12-,13-,16-/m0/s1. The Kier molecular flexibility index (Phi) is 9.95. The Morgan fingerprint density at radius 3 is 1.97 bits per heavy atom. The third kappa shape index (κ3) is 8.22. The lowest BCUT2D eigenvalue weighted by Gasteiger charge is -2.28. The molecule has 1 aromatic carbocycles. The second-order valence-corrected chi connectivity index (χ2v) is 7.49. The molecule has 5 amide bonds. The Balaban J connectivity index is 3.09. The number of benzene rings is 1. The number of hydrogen-bond donors (Lipinski definition) is 6. The summed E-state index contributed by atoms with van der Waals surface area (Å²) in [5.41, 5.74) is 10.3. The van der Waals surface area contributed by atoms with Gasteiger partial charge in [-0.05, 0) is 18.1 Å². The maximum absolute atomic E-state index is 12.8. The average Bonchev–Trinajstić information content (AvgIpc) is 2.73. The van der Waals surface area contributed by atoms with Crippen LogP contribution in [0.4, 0.5) is 0 Å². The number of carboxylic acids is 1. The highest BCUT2D eigenvalue weighted by molar-refractivity contribution is 5.99. The van der Waals surface area contributed by atoms with Crippen LogP contribution in [0.25, 0.3) is 0 Å². The molecule has 0 radical (unpaired) electrons. The van der Waals surface area contributed by atoms with E-state index in [2.05, 4.69) is 10.6 Å². The van der Waals surface area contributed by atoms with Gasteiger partial charge < -0.3 is 27.2 Å². The number of aliphatic carboxylic acids is 1. The molecule has 0 saturated heterocycles. The highest BCUT2D eigenvalue weighted by Gasteiger charge is 2.35. The number of carbonyl (C=O) groups is 6. The molecule has 0 saturated carbocycles. The Morgan fingerprint density at radius 1 is 0.939 bits per heavy atom. The lowest BCUT2D eigenvalue weighted by atomic mass is 10.0. The molecule has 0 spiro atoms. The van der Waals surface area contributed by atoms with E-state index >= 15 is 0 Å². The fourth-order valence-corrected chi connectivity index (χ4v) is 2.78. The predicted molar refractivity (Wildman–Crippen MR) is 112 cm³/mol. The average molecular weight is 465 g/mol. The molecule has 0 fully saturated rings. The molecule has 0 unspecified atom stereocenters. The van der Waals surface area contributed by atoms with Gasteiger partial charge >= 0.3 is 5.97 Å². The van der Waals surface area contributed by atoms with E-state index in [-0.39, 0.29) is 10.6 Å². The van der Waals surface area contributed by atoms with Gasteiger partial charge in [0.15, 0.2) is 0 Å². The molecule has 0 aliphatic rings. The van der Waals surface area contributed by atoms with Gasteiger partial charge in [-0.1, -0.05) is 32.0 Å². The molecule has 3 atom stereocenters. The van der Waals surface area contributed by atoms with E-state index in [1.807, 2.05) is 0 Å². The van der Waals surface area contributed by atoms with Gasteiger partial charge in [0.2, 0.25) is 23.6 Å². The van der Waals surface area contributed by atoms with E-state index in [4.69, 9.17) is 16.6 Å². The molecule has 33 heavy (non-hydrogen) atoms.